The monoisotopic (exact) mass is 303 g/mol. The highest BCUT2D eigenvalue weighted by molar-refractivity contribution is 6.30. The van der Waals surface area contributed by atoms with Gasteiger partial charge in [0.05, 0.1) is 6.20 Å². The van der Waals surface area contributed by atoms with Gasteiger partial charge in [-0.1, -0.05) is 30.5 Å². The summed E-state index contributed by atoms with van der Waals surface area (Å²) in [5.74, 6) is 1.24. The first-order valence-electron chi connectivity index (χ1n) is 7.20. The molecule has 0 unspecified atom stereocenters. The Morgan fingerprint density at radius 1 is 1.24 bits per heavy atom. The quantitative estimate of drug-likeness (QED) is 0.896. The Balaban J connectivity index is 1.74. The number of nitrogens with zero attached hydrogens (tertiary/aromatic N) is 3. The summed E-state index contributed by atoms with van der Waals surface area (Å²) in [6.07, 6.45) is 6.50. The van der Waals surface area contributed by atoms with Crippen molar-refractivity contribution in [3.63, 3.8) is 0 Å². The highest BCUT2D eigenvalue weighted by Crippen LogP contribution is 2.24. The minimum atomic E-state index is 0.468. The molecule has 1 saturated carbocycles. The van der Waals surface area contributed by atoms with E-state index in [9.17, 15) is 0 Å². The molecule has 1 aliphatic carbocycles. The molecule has 1 aliphatic rings. The summed E-state index contributed by atoms with van der Waals surface area (Å²) in [4.78, 5) is 4.46. The van der Waals surface area contributed by atoms with Crippen LogP contribution in [0.1, 0.15) is 31.2 Å². The SMILES string of the molecule is Cc1ccc(Cl)cc1Nc1cnnc(NC2CCCC2)n1. The van der Waals surface area contributed by atoms with Gasteiger partial charge in [-0.25, -0.2) is 0 Å². The van der Waals surface area contributed by atoms with Gasteiger partial charge in [0.15, 0.2) is 5.82 Å². The van der Waals surface area contributed by atoms with E-state index in [1.54, 1.807) is 6.20 Å². The Morgan fingerprint density at radius 3 is 2.86 bits per heavy atom. The second-order valence-corrected chi connectivity index (χ2v) is 5.81. The van der Waals surface area contributed by atoms with Crippen LogP contribution in [0.2, 0.25) is 5.02 Å². The van der Waals surface area contributed by atoms with Gasteiger partial charge in [0.2, 0.25) is 5.95 Å². The molecule has 0 bridgehead atoms. The van der Waals surface area contributed by atoms with Crippen LogP contribution in [0.5, 0.6) is 0 Å². The lowest BCUT2D eigenvalue weighted by atomic mass is 10.2. The van der Waals surface area contributed by atoms with Gasteiger partial charge >= 0.3 is 0 Å². The number of aryl methyl sites for hydroxylation is 1. The topological polar surface area (TPSA) is 62.7 Å². The zero-order chi connectivity index (χ0) is 14.7. The first-order chi connectivity index (χ1) is 10.2. The summed E-state index contributed by atoms with van der Waals surface area (Å²) in [7, 11) is 0. The highest BCUT2D eigenvalue weighted by atomic mass is 35.5. The van der Waals surface area contributed by atoms with Crippen molar-refractivity contribution in [1.82, 2.24) is 15.2 Å². The van der Waals surface area contributed by atoms with Crippen molar-refractivity contribution in [2.75, 3.05) is 10.6 Å². The Hall–Kier alpha value is -1.88. The molecule has 1 aromatic carbocycles. The van der Waals surface area contributed by atoms with Gasteiger partial charge in [-0.2, -0.15) is 10.1 Å². The van der Waals surface area contributed by atoms with Crippen LogP contribution in [0.3, 0.4) is 0 Å². The number of anilines is 3. The van der Waals surface area contributed by atoms with Crippen molar-refractivity contribution in [2.45, 2.75) is 38.6 Å². The number of nitrogens with one attached hydrogen (secondary N) is 2. The van der Waals surface area contributed by atoms with Crippen molar-refractivity contribution >= 4 is 29.1 Å². The molecule has 21 heavy (non-hydrogen) atoms. The average molecular weight is 304 g/mol. The van der Waals surface area contributed by atoms with Gasteiger partial charge in [0, 0.05) is 16.8 Å². The van der Waals surface area contributed by atoms with E-state index in [0.717, 1.165) is 11.3 Å². The molecule has 0 aliphatic heterocycles. The second-order valence-electron chi connectivity index (χ2n) is 5.38. The largest absolute Gasteiger partial charge is 0.350 e. The molecular weight excluding hydrogens is 286 g/mol. The maximum atomic E-state index is 6.03. The van der Waals surface area contributed by atoms with Crippen LogP contribution >= 0.6 is 11.6 Å². The lowest BCUT2D eigenvalue weighted by Gasteiger charge is -2.13. The van der Waals surface area contributed by atoms with Crippen LogP contribution in [0, 0.1) is 6.92 Å². The zero-order valence-electron chi connectivity index (χ0n) is 11.9. The van der Waals surface area contributed by atoms with Gasteiger partial charge < -0.3 is 10.6 Å². The molecule has 0 amide bonds. The predicted octanol–water partition coefficient (Wildman–Crippen LogP) is 3.93. The molecule has 5 nitrogen and oxygen atoms in total. The Morgan fingerprint density at radius 2 is 2.05 bits per heavy atom. The fourth-order valence-corrected chi connectivity index (χ4v) is 2.72. The minimum Gasteiger partial charge on any atom is -0.350 e. The van der Waals surface area contributed by atoms with Crippen molar-refractivity contribution in [1.29, 1.82) is 0 Å². The minimum absolute atomic E-state index is 0.468. The first kappa shape index (κ1) is 14.1. The van der Waals surface area contributed by atoms with Crippen molar-refractivity contribution in [3.05, 3.63) is 35.0 Å². The van der Waals surface area contributed by atoms with Crippen LogP contribution in [-0.2, 0) is 0 Å². The van der Waals surface area contributed by atoms with E-state index in [4.69, 9.17) is 11.6 Å². The number of rotatable bonds is 4. The fourth-order valence-electron chi connectivity index (χ4n) is 2.54. The molecule has 6 heteroatoms. The van der Waals surface area contributed by atoms with Crippen LogP contribution in [0.4, 0.5) is 17.5 Å². The number of aromatic nitrogens is 3. The number of hydrogen-bond donors (Lipinski definition) is 2. The van der Waals surface area contributed by atoms with Crippen LogP contribution in [-0.4, -0.2) is 21.2 Å². The van der Waals surface area contributed by atoms with Gasteiger partial charge in [-0.3, -0.25) is 0 Å². The summed E-state index contributed by atoms with van der Waals surface area (Å²) in [5, 5.41) is 15.3. The van der Waals surface area contributed by atoms with E-state index < -0.39 is 0 Å². The van der Waals surface area contributed by atoms with E-state index in [1.165, 1.54) is 25.7 Å². The maximum Gasteiger partial charge on any atom is 0.244 e. The van der Waals surface area contributed by atoms with E-state index in [2.05, 4.69) is 25.8 Å². The third-order valence-electron chi connectivity index (χ3n) is 3.71. The lowest BCUT2D eigenvalue weighted by molar-refractivity contribution is 0.738. The Labute approximate surface area is 129 Å². The maximum absolute atomic E-state index is 6.03. The third-order valence-corrected chi connectivity index (χ3v) is 3.94. The first-order valence-corrected chi connectivity index (χ1v) is 7.58. The molecule has 2 N–H and O–H groups in total. The van der Waals surface area contributed by atoms with Crippen LogP contribution in [0.25, 0.3) is 0 Å². The summed E-state index contributed by atoms with van der Waals surface area (Å²) < 4.78 is 0. The van der Waals surface area contributed by atoms with Gasteiger partial charge in [-0.05, 0) is 37.5 Å². The van der Waals surface area contributed by atoms with Gasteiger partial charge in [-0.15, -0.1) is 5.10 Å². The third kappa shape index (κ3) is 3.61. The molecule has 0 spiro atoms. The average Bonchev–Trinajstić information content (AvgIpc) is 2.96. The van der Waals surface area contributed by atoms with E-state index in [-0.39, 0.29) is 0 Å². The normalized spacial score (nSPS) is 15.1. The molecule has 1 heterocycles. The number of halogens is 1. The summed E-state index contributed by atoms with van der Waals surface area (Å²) in [5.41, 5.74) is 2.03. The highest BCUT2D eigenvalue weighted by Gasteiger charge is 2.16. The van der Waals surface area contributed by atoms with Gasteiger partial charge in [0.1, 0.15) is 0 Å². The molecule has 1 fully saturated rings. The zero-order valence-corrected chi connectivity index (χ0v) is 12.7. The van der Waals surface area contributed by atoms with E-state index in [0.29, 0.717) is 22.8 Å². The molecule has 0 radical (unpaired) electrons. The summed E-state index contributed by atoms with van der Waals surface area (Å²) >= 11 is 6.03. The number of benzene rings is 1. The van der Waals surface area contributed by atoms with Crippen LogP contribution in [0.15, 0.2) is 24.4 Å². The molecule has 3 rings (SSSR count). The molecule has 0 atom stereocenters. The van der Waals surface area contributed by atoms with Crippen molar-refractivity contribution in [2.24, 2.45) is 0 Å². The fraction of sp³-hybridized carbons (Fsp3) is 0.400. The summed E-state index contributed by atoms with van der Waals surface area (Å²) in [6, 6.07) is 6.18. The predicted molar refractivity (Wildman–Crippen MR) is 85.2 cm³/mol. The van der Waals surface area contributed by atoms with Crippen molar-refractivity contribution < 1.29 is 0 Å². The van der Waals surface area contributed by atoms with Crippen molar-refractivity contribution in [3.8, 4) is 0 Å². The summed E-state index contributed by atoms with van der Waals surface area (Å²) in [6.45, 7) is 2.02. The van der Waals surface area contributed by atoms with Crippen LogP contribution < -0.4 is 10.6 Å². The lowest BCUT2D eigenvalue weighted by Crippen LogP contribution is -2.17. The standard InChI is InChI=1S/C15H18ClN5/c1-10-6-7-11(16)8-13(10)19-14-9-17-21-15(20-14)18-12-4-2-3-5-12/h6-9,12H,2-5H2,1H3,(H2,18,19,20,21). The molecule has 2 aromatic rings. The smallest absolute Gasteiger partial charge is 0.244 e. The molecular formula is C15H18ClN5. The number of hydrogen-bond acceptors (Lipinski definition) is 5. The van der Waals surface area contributed by atoms with Gasteiger partial charge in [0.25, 0.3) is 0 Å². The second kappa shape index (κ2) is 6.26. The van der Waals surface area contributed by atoms with E-state index >= 15 is 0 Å². The molecule has 0 saturated heterocycles. The Kier molecular flexibility index (Phi) is 4.20. The Bertz CT molecular complexity index is 625. The van der Waals surface area contributed by atoms with E-state index in [1.807, 2.05) is 25.1 Å². The molecule has 1 aromatic heterocycles. The molecule has 110 valence electrons.